The highest BCUT2D eigenvalue weighted by Gasteiger charge is 2.53. The van der Waals surface area contributed by atoms with Gasteiger partial charge in [0.1, 0.15) is 24.1 Å². The van der Waals surface area contributed by atoms with E-state index in [0.717, 1.165) is 46.4 Å². The number of aldehydes is 1. The molecule has 1 aliphatic carbocycles. The Kier molecular flexibility index (Phi) is 10.6. The number of aliphatic hydroxyl groups is 1. The maximum atomic E-state index is 14.5. The van der Waals surface area contributed by atoms with E-state index in [9.17, 15) is 28.7 Å². The summed E-state index contributed by atoms with van der Waals surface area (Å²) >= 11 is 1.53. The van der Waals surface area contributed by atoms with E-state index < -0.39 is 47.0 Å². The van der Waals surface area contributed by atoms with Crippen molar-refractivity contribution in [1.29, 1.82) is 0 Å². The molecule has 10 nitrogen and oxygen atoms in total. The number of nitrogens with one attached hydrogen (secondary N) is 2. The Morgan fingerprint density at radius 2 is 1.92 bits per heavy atom. The van der Waals surface area contributed by atoms with Crippen LogP contribution in [0.25, 0.3) is 10.4 Å². The zero-order valence-electron chi connectivity index (χ0n) is 27.8. The lowest BCUT2D eigenvalue weighted by Gasteiger charge is -2.35. The van der Waals surface area contributed by atoms with Crippen molar-refractivity contribution in [3.8, 4) is 16.2 Å². The summed E-state index contributed by atoms with van der Waals surface area (Å²) in [6, 6.07) is 11.2. The van der Waals surface area contributed by atoms with Crippen molar-refractivity contribution in [3.63, 3.8) is 0 Å². The number of halogens is 1. The number of carbonyl (C=O) groups excluding carboxylic acids is 4. The number of rotatable bonds is 13. The van der Waals surface area contributed by atoms with Gasteiger partial charge in [-0.2, -0.15) is 0 Å². The van der Waals surface area contributed by atoms with Gasteiger partial charge in [-0.15, -0.1) is 11.3 Å². The summed E-state index contributed by atoms with van der Waals surface area (Å²) in [5, 5.41) is 16.0. The number of nitrogens with zero attached hydrogens (tertiary/aromatic N) is 2. The van der Waals surface area contributed by atoms with Crippen molar-refractivity contribution in [2.24, 2.45) is 5.41 Å². The Labute approximate surface area is 284 Å². The third-order valence-corrected chi connectivity index (χ3v) is 9.84. The molecule has 2 aliphatic rings. The first-order chi connectivity index (χ1) is 22.8. The van der Waals surface area contributed by atoms with Gasteiger partial charge < -0.3 is 25.4 Å². The van der Waals surface area contributed by atoms with Crippen LogP contribution in [0.2, 0.25) is 0 Å². The number of amides is 3. The molecular formula is C36H43FN4O6S. The number of aryl methyl sites for hydroxylation is 2. The first-order valence-corrected chi connectivity index (χ1v) is 17.1. The molecule has 48 heavy (non-hydrogen) atoms. The summed E-state index contributed by atoms with van der Waals surface area (Å²) in [6.45, 7) is 7.68. The highest BCUT2D eigenvalue weighted by atomic mass is 32.1. The van der Waals surface area contributed by atoms with Crippen LogP contribution in [0.4, 0.5) is 4.39 Å². The molecule has 12 heteroatoms. The Morgan fingerprint density at radius 1 is 1.19 bits per heavy atom. The molecule has 3 N–H and O–H groups in total. The van der Waals surface area contributed by atoms with Crippen LogP contribution in [-0.4, -0.2) is 76.0 Å². The fourth-order valence-corrected chi connectivity index (χ4v) is 6.60. The molecule has 1 aliphatic heterocycles. The molecule has 2 aromatic carbocycles. The number of thiazole rings is 1. The first-order valence-electron chi connectivity index (χ1n) is 16.3. The summed E-state index contributed by atoms with van der Waals surface area (Å²) in [5.74, 6) is -1.20. The lowest BCUT2D eigenvalue weighted by molar-refractivity contribution is -0.145. The van der Waals surface area contributed by atoms with Gasteiger partial charge in [-0.25, -0.2) is 9.37 Å². The normalized spacial score (nSPS) is 19.0. The second-order valence-electron chi connectivity index (χ2n) is 13.8. The number of carbonyl (C=O) groups is 4. The Morgan fingerprint density at radius 3 is 2.54 bits per heavy atom. The SMILES string of the molecule is Cc1ncsc1-c1ccc(CNC(=O)[C@@H]2C[C@@H](O)CN2C(=O)[C@@H](NC(=O)C2(F)CC2)C(C)(C)C)c(OCCCc2ccc(C=O)cc2)c1. The van der Waals surface area contributed by atoms with Crippen LogP contribution in [-0.2, 0) is 27.3 Å². The average molecular weight is 679 g/mol. The Balaban J connectivity index is 1.27. The van der Waals surface area contributed by atoms with Gasteiger partial charge in [0.2, 0.25) is 11.8 Å². The predicted octanol–water partition coefficient (Wildman–Crippen LogP) is 4.55. The van der Waals surface area contributed by atoms with E-state index in [2.05, 4.69) is 15.6 Å². The number of β-amino-alcohol motifs (C(OH)–C–C–N with tert-alkyl or cyclic N) is 1. The van der Waals surface area contributed by atoms with Gasteiger partial charge in [0.05, 0.1) is 28.8 Å². The molecule has 0 radical (unpaired) electrons. The quantitative estimate of drug-likeness (QED) is 0.178. The van der Waals surface area contributed by atoms with Crippen molar-refractivity contribution in [1.82, 2.24) is 20.5 Å². The van der Waals surface area contributed by atoms with Crippen LogP contribution in [0, 0.1) is 12.3 Å². The standard InChI is InChI=1S/C36H43FN4O6S/c1-22-30(48-21-39-22)25-11-12-26(29(16-25)47-15-5-6-23-7-9-24(20-42)10-8-23)18-38-32(44)28-17-27(43)19-41(28)33(45)31(35(2,3)4)40-34(46)36(37)13-14-36/h7-12,16,20-21,27-28,31,43H,5-6,13-15,17-19H2,1-4H3,(H,38,44)(H,40,46)/t27-,28+,31-/m1/s1. The minimum Gasteiger partial charge on any atom is -0.493 e. The predicted molar refractivity (Wildman–Crippen MR) is 180 cm³/mol. The molecule has 1 saturated carbocycles. The van der Waals surface area contributed by atoms with Crippen LogP contribution in [0.5, 0.6) is 5.75 Å². The number of likely N-dealkylation sites (tertiary alicyclic amines) is 1. The zero-order valence-corrected chi connectivity index (χ0v) is 28.6. The second kappa shape index (κ2) is 14.5. The number of alkyl halides is 1. The smallest absolute Gasteiger partial charge is 0.258 e. The van der Waals surface area contributed by atoms with Gasteiger partial charge in [0.25, 0.3) is 5.91 Å². The number of aromatic nitrogens is 1. The van der Waals surface area contributed by atoms with Gasteiger partial charge in [0, 0.05) is 30.6 Å². The van der Waals surface area contributed by atoms with Crippen molar-refractivity contribution in [3.05, 3.63) is 70.4 Å². The molecule has 3 amide bonds. The molecule has 0 bridgehead atoms. The number of hydrogen-bond donors (Lipinski definition) is 3. The molecule has 0 unspecified atom stereocenters. The topological polar surface area (TPSA) is 138 Å². The van der Waals surface area contributed by atoms with Crippen molar-refractivity contribution < 1.29 is 33.4 Å². The number of aliphatic hydroxyl groups excluding tert-OH is 1. The summed E-state index contributed by atoms with van der Waals surface area (Å²) in [5.41, 5.74) is 3.36. The molecule has 0 spiro atoms. The number of ether oxygens (including phenoxy) is 1. The fourth-order valence-electron chi connectivity index (χ4n) is 5.79. The van der Waals surface area contributed by atoms with E-state index in [1.807, 2.05) is 37.3 Å². The zero-order chi connectivity index (χ0) is 34.6. The minimum absolute atomic E-state index is 0.0379. The van der Waals surface area contributed by atoms with Crippen molar-refractivity contribution >= 4 is 35.3 Å². The molecule has 3 aromatic rings. The summed E-state index contributed by atoms with van der Waals surface area (Å²) < 4.78 is 20.8. The molecule has 5 rings (SSSR count). The van der Waals surface area contributed by atoms with E-state index >= 15 is 0 Å². The highest BCUT2D eigenvalue weighted by molar-refractivity contribution is 7.13. The molecule has 1 saturated heterocycles. The largest absolute Gasteiger partial charge is 0.493 e. The third-order valence-electron chi connectivity index (χ3n) is 8.86. The number of hydrogen-bond acceptors (Lipinski definition) is 8. The first kappa shape index (κ1) is 35.2. The summed E-state index contributed by atoms with van der Waals surface area (Å²) in [6.07, 6.45) is 1.64. The molecule has 2 fully saturated rings. The van der Waals surface area contributed by atoms with E-state index in [0.29, 0.717) is 17.9 Å². The van der Waals surface area contributed by atoms with Crippen LogP contribution in [0.3, 0.4) is 0 Å². The van der Waals surface area contributed by atoms with E-state index in [1.54, 1.807) is 38.4 Å². The lowest BCUT2D eigenvalue weighted by atomic mass is 9.85. The minimum atomic E-state index is -1.96. The van der Waals surface area contributed by atoms with Crippen LogP contribution < -0.4 is 15.4 Å². The van der Waals surface area contributed by atoms with Gasteiger partial charge in [-0.1, -0.05) is 57.2 Å². The Hall–Kier alpha value is -4.16. The fraction of sp³-hybridized carbons (Fsp3) is 0.472. The molecule has 3 atom stereocenters. The average Bonchev–Trinajstić information content (AvgIpc) is 3.47. The summed E-state index contributed by atoms with van der Waals surface area (Å²) in [7, 11) is 0. The highest BCUT2D eigenvalue weighted by Crippen LogP contribution is 2.40. The molecule has 1 aromatic heterocycles. The van der Waals surface area contributed by atoms with Gasteiger partial charge in [-0.05, 0) is 55.2 Å². The van der Waals surface area contributed by atoms with Gasteiger partial charge in [-0.3, -0.25) is 19.2 Å². The monoisotopic (exact) mass is 678 g/mol. The maximum absolute atomic E-state index is 14.5. The maximum Gasteiger partial charge on any atom is 0.258 e. The number of benzene rings is 2. The third kappa shape index (κ3) is 8.27. The second-order valence-corrected chi connectivity index (χ2v) is 14.6. The molecule has 2 heterocycles. The summed E-state index contributed by atoms with van der Waals surface area (Å²) in [4.78, 5) is 57.6. The van der Waals surface area contributed by atoms with Crippen LogP contribution in [0.15, 0.2) is 48.0 Å². The van der Waals surface area contributed by atoms with E-state index in [1.165, 1.54) is 16.2 Å². The Bertz CT molecular complexity index is 1650. The van der Waals surface area contributed by atoms with E-state index in [-0.39, 0.29) is 32.4 Å². The van der Waals surface area contributed by atoms with Crippen LogP contribution >= 0.6 is 11.3 Å². The molecule has 256 valence electrons. The van der Waals surface area contributed by atoms with E-state index in [4.69, 9.17) is 4.74 Å². The van der Waals surface area contributed by atoms with Crippen molar-refractivity contribution in [2.75, 3.05) is 13.2 Å². The van der Waals surface area contributed by atoms with Gasteiger partial charge in [0.15, 0.2) is 5.67 Å². The van der Waals surface area contributed by atoms with Crippen molar-refractivity contribution in [2.45, 2.75) is 90.2 Å². The lowest BCUT2D eigenvalue weighted by Crippen LogP contribution is -2.59. The van der Waals surface area contributed by atoms with Gasteiger partial charge >= 0.3 is 0 Å². The van der Waals surface area contributed by atoms with Crippen LogP contribution in [0.1, 0.15) is 73.6 Å². The molecular weight excluding hydrogens is 635 g/mol.